The molecule has 0 saturated carbocycles. The van der Waals surface area contributed by atoms with Crippen molar-refractivity contribution in [1.29, 1.82) is 0 Å². The van der Waals surface area contributed by atoms with Crippen LogP contribution in [0.2, 0.25) is 0 Å². The molecule has 5 nitrogen and oxygen atoms in total. The number of hydrogen-bond donors (Lipinski definition) is 2. The molecule has 1 saturated heterocycles. The lowest BCUT2D eigenvalue weighted by Gasteiger charge is -2.35. The van der Waals surface area contributed by atoms with Crippen LogP contribution in [0.25, 0.3) is 0 Å². The van der Waals surface area contributed by atoms with Crippen molar-refractivity contribution in [1.82, 2.24) is 14.6 Å². The summed E-state index contributed by atoms with van der Waals surface area (Å²) >= 11 is 0. The summed E-state index contributed by atoms with van der Waals surface area (Å²) in [7, 11) is -3.36. The highest BCUT2D eigenvalue weighted by molar-refractivity contribution is 7.89. The second-order valence-electron chi connectivity index (χ2n) is 6.96. The second kappa shape index (κ2) is 6.10. The van der Waals surface area contributed by atoms with E-state index in [4.69, 9.17) is 0 Å². The molecule has 0 bridgehead atoms. The molecule has 1 aliphatic heterocycles. The van der Waals surface area contributed by atoms with Gasteiger partial charge in [0.2, 0.25) is 10.0 Å². The molecule has 2 heterocycles. The van der Waals surface area contributed by atoms with E-state index in [1.165, 1.54) is 0 Å². The van der Waals surface area contributed by atoms with Crippen LogP contribution < -0.4 is 5.32 Å². The lowest BCUT2D eigenvalue weighted by Crippen LogP contribution is -2.40. The van der Waals surface area contributed by atoms with Crippen LogP contribution in [-0.2, 0) is 16.6 Å². The van der Waals surface area contributed by atoms with Gasteiger partial charge >= 0.3 is 0 Å². The van der Waals surface area contributed by atoms with Crippen molar-refractivity contribution in [3.63, 3.8) is 0 Å². The van der Waals surface area contributed by atoms with E-state index in [-0.39, 0.29) is 5.41 Å². The van der Waals surface area contributed by atoms with E-state index in [0.717, 1.165) is 18.5 Å². The van der Waals surface area contributed by atoms with Crippen LogP contribution in [0.3, 0.4) is 0 Å². The highest BCUT2D eigenvalue weighted by atomic mass is 32.2. The van der Waals surface area contributed by atoms with Crippen LogP contribution in [0.5, 0.6) is 0 Å². The summed E-state index contributed by atoms with van der Waals surface area (Å²) in [6.45, 7) is 10.4. The first-order chi connectivity index (χ1) is 9.71. The van der Waals surface area contributed by atoms with Gasteiger partial charge < -0.3 is 10.3 Å². The minimum Gasteiger partial charge on any atom is -0.363 e. The van der Waals surface area contributed by atoms with E-state index in [0.29, 0.717) is 30.6 Å². The lowest BCUT2D eigenvalue weighted by atomic mass is 9.83. The average molecular weight is 313 g/mol. The predicted molar refractivity (Wildman–Crippen MR) is 84.5 cm³/mol. The average Bonchev–Trinajstić information content (AvgIpc) is 2.85. The molecule has 0 aromatic carbocycles. The van der Waals surface area contributed by atoms with Crippen molar-refractivity contribution in [3.05, 3.63) is 18.0 Å². The Morgan fingerprint density at radius 2 is 1.95 bits per heavy atom. The standard InChI is InChI=1S/C15H27N3O2S/c1-12(2)16-10-13-9-14(11-17-13)21(19,20)18-7-5-15(3,4)6-8-18/h9,11-12,16-17H,5-8,10H2,1-4H3. The van der Waals surface area contributed by atoms with Crippen LogP contribution in [0.4, 0.5) is 0 Å². The molecule has 0 radical (unpaired) electrons. The van der Waals surface area contributed by atoms with Gasteiger partial charge in [0.05, 0.1) is 4.90 Å². The van der Waals surface area contributed by atoms with Crippen LogP contribution in [0.15, 0.2) is 17.2 Å². The van der Waals surface area contributed by atoms with Gasteiger partial charge in [-0.1, -0.05) is 27.7 Å². The van der Waals surface area contributed by atoms with Crippen molar-refractivity contribution in [3.8, 4) is 0 Å². The number of H-pyrrole nitrogens is 1. The molecular weight excluding hydrogens is 286 g/mol. The summed E-state index contributed by atoms with van der Waals surface area (Å²) in [6, 6.07) is 2.11. The second-order valence-corrected chi connectivity index (χ2v) is 8.90. The summed E-state index contributed by atoms with van der Waals surface area (Å²) in [4.78, 5) is 3.43. The number of nitrogens with zero attached hydrogens (tertiary/aromatic N) is 1. The Labute approximate surface area is 128 Å². The first-order valence-corrected chi connectivity index (χ1v) is 9.05. The zero-order valence-corrected chi connectivity index (χ0v) is 14.3. The van der Waals surface area contributed by atoms with E-state index >= 15 is 0 Å². The number of piperidine rings is 1. The third kappa shape index (κ3) is 4.08. The Morgan fingerprint density at radius 3 is 2.52 bits per heavy atom. The van der Waals surface area contributed by atoms with Crippen molar-refractivity contribution in [2.24, 2.45) is 5.41 Å². The third-order valence-corrected chi connectivity index (χ3v) is 6.01. The Hall–Kier alpha value is -0.850. The molecule has 1 aromatic rings. The summed E-state index contributed by atoms with van der Waals surface area (Å²) in [5.41, 5.74) is 1.15. The molecule has 1 fully saturated rings. The van der Waals surface area contributed by atoms with Gasteiger partial charge in [0, 0.05) is 37.6 Å². The molecule has 6 heteroatoms. The van der Waals surface area contributed by atoms with Gasteiger partial charge in [-0.15, -0.1) is 0 Å². The Kier molecular flexibility index (Phi) is 4.80. The van der Waals surface area contributed by atoms with Gasteiger partial charge in [-0.3, -0.25) is 0 Å². The fourth-order valence-corrected chi connectivity index (χ4v) is 3.93. The minimum absolute atomic E-state index is 0.247. The third-order valence-electron chi connectivity index (χ3n) is 4.13. The van der Waals surface area contributed by atoms with Crippen molar-refractivity contribution in [2.45, 2.75) is 58.0 Å². The maximum atomic E-state index is 12.6. The molecule has 0 aliphatic carbocycles. The Balaban J connectivity index is 2.06. The number of aromatic nitrogens is 1. The van der Waals surface area contributed by atoms with Gasteiger partial charge in [-0.05, 0) is 24.3 Å². The SMILES string of the molecule is CC(C)NCc1cc(S(=O)(=O)N2CCC(C)(C)CC2)c[nH]1. The molecule has 2 rings (SSSR count). The Bertz CT molecular complexity index is 565. The molecule has 2 N–H and O–H groups in total. The molecule has 0 amide bonds. The summed E-state index contributed by atoms with van der Waals surface area (Å²) in [6.07, 6.45) is 3.43. The maximum absolute atomic E-state index is 12.6. The van der Waals surface area contributed by atoms with Gasteiger partial charge in [0.25, 0.3) is 0 Å². The Morgan fingerprint density at radius 1 is 1.33 bits per heavy atom. The number of rotatable bonds is 5. The fourth-order valence-electron chi connectivity index (χ4n) is 2.46. The number of hydrogen-bond acceptors (Lipinski definition) is 3. The molecule has 0 spiro atoms. The van der Waals surface area contributed by atoms with E-state index in [9.17, 15) is 8.42 Å². The monoisotopic (exact) mass is 313 g/mol. The van der Waals surface area contributed by atoms with Gasteiger partial charge in [-0.25, -0.2) is 8.42 Å². The van der Waals surface area contributed by atoms with Gasteiger partial charge in [0.1, 0.15) is 0 Å². The van der Waals surface area contributed by atoms with E-state index < -0.39 is 10.0 Å². The largest absolute Gasteiger partial charge is 0.363 e. The van der Waals surface area contributed by atoms with Crippen molar-refractivity contribution >= 4 is 10.0 Å². The number of sulfonamides is 1. The molecular formula is C15H27N3O2S. The quantitative estimate of drug-likeness (QED) is 0.877. The maximum Gasteiger partial charge on any atom is 0.244 e. The zero-order chi connectivity index (χ0) is 15.7. The molecule has 0 unspecified atom stereocenters. The highest BCUT2D eigenvalue weighted by Gasteiger charge is 2.33. The van der Waals surface area contributed by atoms with Crippen LogP contribution in [0, 0.1) is 5.41 Å². The van der Waals surface area contributed by atoms with Crippen molar-refractivity contribution < 1.29 is 8.42 Å². The van der Waals surface area contributed by atoms with E-state index in [1.54, 1.807) is 16.6 Å². The van der Waals surface area contributed by atoms with Gasteiger partial charge in [-0.2, -0.15) is 4.31 Å². The molecule has 1 aliphatic rings. The van der Waals surface area contributed by atoms with E-state index in [2.05, 4.69) is 38.0 Å². The minimum atomic E-state index is -3.36. The molecule has 1 aromatic heterocycles. The molecule has 0 atom stereocenters. The lowest BCUT2D eigenvalue weighted by molar-refractivity contribution is 0.196. The summed E-state index contributed by atoms with van der Waals surface area (Å²) < 4.78 is 26.9. The summed E-state index contributed by atoms with van der Waals surface area (Å²) in [5, 5.41) is 3.28. The molecule has 21 heavy (non-hydrogen) atoms. The van der Waals surface area contributed by atoms with Crippen LogP contribution >= 0.6 is 0 Å². The first-order valence-electron chi connectivity index (χ1n) is 7.61. The van der Waals surface area contributed by atoms with Crippen molar-refractivity contribution in [2.75, 3.05) is 13.1 Å². The van der Waals surface area contributed by atoms with Gasteiger partial charge in [0.15, 0.2) is 0 Å². The predicted octanol–water partition coefficient (Wildman–Crippen LogP) is 2.32. The van der Waals surface area contributed by atoms with Crippen LogP contribution in [0.1, 0.15) is 46.2 Å². The number of aromatic amines is 1. The van der Waals surface area contributed by atoms with Crippen LogP contribution in [-0.4, -0.2) is 36.8 Å². The summed E-state index contributed by atoms with van der Waals surface area (Å²) in [5.74, 6) is 0. The fraction of sp³-hybridized carbons (Fsp3) is 0.733. The van der Waals surface area contributed by atoms with E-state index in [1.807, 2.05) is 0 Å². The molecule has 120 valence electrons. The first kappa shape index (κ1) is 16.5. The smallest absolute Gasteiger partial charge is 0.244 e. The normalized spacial score (nSPS) is 20.0. The topological polar surface area (TPSA) is 65.2 Å². The number of nitrogens with one attached hydrogen (secondary N) is 2. The highest BCUT2D eigenvalue weighted by Crippen LogP contribution is 2.32. The zero-order valence-electron chi connectivity index (χ0n) is 13.4.